The zero-order chi connectivity index (χ0) is 15.9. The zero-order valence-electron chi connectivity index (χ0n) is 12.3. The summed E-state index contributed by atoms with van der Waals surface area (Å²) in [5.74, 6) is -0.319. The number of nitrogens with one attached hydrogen (secondary N) is 2. The second-order valence-electron chi connectivity index (χ2n) is 4.39. The molecule has 1 rings (SSSR count). The van der Waals surface area contributed by atoms with Gasteiger partial charge in [-0.15, -0.1) is 0 Å². The molecule has 0 unspecified atom stereocenters. The van der Waals surface area contributed by atoms with Crippen molar-refractivity contribution in [3.63, 3.8) is 0 Å². The Morgan fingerprint density at radius 2 is 1.62 bits per heavy atom. The minimum absolute atomic E-state index is 0.252. The molecular formula is C11H22N4O5S. The highest BCUT2D eigenvalue weighted by Crippen LogP contribution is 2.04. The standard InChI is InChI=1S/C11H22N4O5S/c1-3-12-21(18,19)13-9-10(16)14-5-7-15(8-6-14)11(17)20-4-2/h12-13H,3-9H2,1-2H3. The SMILES string of the molecule is CCNS(=O)(=O)NCC(=O)N1CCN(C(=O)OCC)CC1. The molecule has 122 valence electrons. The molecule has 9 nitrogen and oxygen atoms in total. The molecule has 0 spiro atoms. The zero-order valence-corrected chi connectivity index (χ0v) is 13.1. The van der Waals surface area contributed by atoms with Crippen molar-refractivity contribution in [2.24, 2.45) is 0 Å². The van der Waals surface area contributed by atoms with E-state index in [-0.39, 0.29) is 19.0 Å². The fraction of sp³-hybridized carbons (Fsp3) is 0.818. The lowest BCUT2D eigenvalue weighted by Crippen LogP contribution is -2.53. The molecular weight excluding hydrogens is 300 g/mol. The van der Waals surface area contributed by atoms with Crippen LogP contribution in [0.5, 0.6) is 0 Å². The van der Waals surface area contributed by atoms with Crippen molar-refractivity contribution >= 4 is 22.2 Å². The molecule has 0 aliphatic carbocycles. The Bertz CT molecular complexity index is 459. The van der Waals surface area contributed by atoms with E-state index in [2.05, 4.69) is 9.44 Å². The van der Waals surface area contributed by atoms with Gasteiger partial charge >= 0.3 is 6.09 Å². The van der Waals surface area contributed by atoms with Crippen molar-refractivity contribution in [3.8, 4) is 0 Å². The molecule has 2 N–H and O–H groups in total. The molecule has 2 amide bonds. The quantitative estimate of drug-likeness (QED) is 0.634. The summed E-state index contributed by atoms with van der Waals surface area (Å²) in [6.45, 7) is 5.13. The van der Waals surface area contributed by atoms with E-state index in [9.17, 15) is 18.0 Å². The predicted molar refractivity (Wildman–Crippen MR) is 75.8 cm³/mol. The number of ether oxygens (including phenoxy) is 1. The van der Waals surface area contributed by atoms with Crippen molar-refractivity contribution in [3.05, 3.63) is 0 Å². The van der Waals surface area contributed by atoms with E-state index in [1.807, 2.05) is 0 Å². The van der Waals surface area contributed by atoms with Gasteiger partial charge in [0.2, 0.25) is 5.91 Å². The molecule has 0 aromatic rings. The van der Waals surface area contributed by atoms with Gasteiger partial charge in [-0.25, -0.2) is 9.52 Å². The van der Waals surface area contributed by atoms with Gasteiger partial charge in [0.15, 0.2) is 0 Å². The smallest absolute Gasteiger partial charge is 0.409 e. The minimum Gasteiger partial charge on any atom is -0.450 e. The van der Waals surface area contributed by atoms with Crippen LogP contribution in [0.15, 0.2) is 0 Å². The first kappa shape index (κ1) is 17.7. The third-order valence-corrected chi connectivity index (χ3v) is 4.10. The van der Waals surface area contributed by atoms with Crippen LogP contribution in [-0.2, 0) is 19.7 Å². The summed E-state index contributed by atoms with van der Waals surface area (Å²) in [6.07, 6.45) is -0.391. The Hall–Kier alpha value is -1.39. The minimum atomic E-state index is -3.63. The molecule has 1 saturated heterocycles. The number of carbonyl (C=O) groups is 2. The van der Waals surface area contributed by atoms with Gasteiger partial charge in [-0.1, -0.05) is 6.92 Å². The van der Waals surface area contributed by atoms with Crippen molar-refractivity contribution in [2.45, 2.75) is 13.8 Å². The lowest BCUT2D eigenvalue weighted by Gasteiger charge is -2.34. The van der Waals surface area contributed by atoms with Gasteiger partial charge < -0.3 is 14.5 Å². The normalized spacial score (nSPS) is 15.9. The van der Waals surface area contributed by atoms with Crippen LogP contribution in [-0.4, -0.2) is 76.1 Å². The fourth-order valence-electron chi connectivity index (χ4n) is 1.86. The number of hydrogen-bond donors (Lipinski definition) is 2. The van der Waals surface area contributed by atoms with E-state index in [1.165, 1.54) is 9.80 Å². The van der Waals surface area contributed by atoms with E-state index < -0.39 is 16.3 Å². The highest BCUT2D eigenvalue weighted by atomic mass is 32.2. The molecule has 10 heteroatoms. The lowest BCUT2D eigenvalue weighted by molar-refractivity contribution is -0.131. The van der Waals surface area contributed by atoms with Gasteiger partial charge in [0, 0.05) is 32.7 Å². The summed E-state index contributed by atoms with van der Waals surface area (Å²) in [5.41, 5.74) is 0. The molecule has 1 fully saturated rings. The van der Waals surface area contributed by atoms with E-state index in [1.54, 1.807) is 13.8 Å². The molecule has 0 bridgehead atoms. The summed E-state index contributed by atoms with van der Waals surface area (Å²) < 4.78 is 32.0. The Kier molecular flexibility index (Phi) is 6.85. The van der Waals surface area contributed by atoms with E-state index in [0.29, 0.717) is 32.8 Å². The molecule has 21 heavy (non-hydrogen) atoms. The Balaban J connectivity index is 2.37. The maximum Gasteiger partial charge on any atom is 0.409 e. The monoisotopic (exact) mass is 322 g/mol. The van der Waals surface area contributed by atoms with Crippen molar-refractivity contribution in [1.29, 1.82) is 0 Å². The first-order chi connectivity index (χ1) is 9.89. The number of carbonyl (C=O) groups excluding carboxylic acids is 2. The van der Waals surface area contributed by atoms with Gasteiger partial charge in [0.25, 0.3) is 10.2 Å². The van der Waals surface area contributed by atoms with Crippen molar-refractivity contribution in [2.75, 3.05) is 45.9 Å². The number of nitrogens with zero attached hydrogens (tertiary/aromatic N) is 2. The highest BCUT2D eigenvalue weighted by Gasteiger charge is 2.25. The summed E-state index contributed by atoms with van der Waals surface area (Å²) in [5, 5.41) is 0. The first-order valence-corrected chi connectivity index (χ1v) is 8.31. The van der Waals surface area contributed by atoms with Crippen molar-refractivity contribution < 1.29 is 22.7 Å². The lowest BCUT2D eigenvalue weighted by atomic mass is 10.3. The Morgan fingerprint density at radius 1 is 1.05 bits per heavy atom. The van der Waals surface area contributed by atoms with Crippen LogP contribution < -0.4 is 9.44 Å². The van der Waals surface area contributed by atoms with E-state index in [0.717, 1.165) is 0 Å². The molecule has 0 saturated carbocycles. The molecule has 1 aliphatic rings. The molecule has 0 atom stereocenters. The largest absolute Gasteiger partial charge is 0.450 e. The van der Waals surface area contributed by atoms with Crippen LogP contribution >= 0.6 is 0 Å². The van der Waals surface area contributed by atoms with E-state index >= 15 is 0 Å². The van der Waals surface area contributed by atoms with Crippen LogP contribution in [0.1, 0.15) is 13.8 Å². The average Bonchev–Trinajstić information content (AvgIpc) is 2.45. The number of hydrogen-bond acceptors (Lipinski definition) is 5. The van der Waals surface area contributed by atoms with Gasteiger partial charge in [0.05, 0.1) is 13.2 Å². The van der Waals surface area contributed by atoms with Crippen LogP contribution in [0, 0.1) is 0 Å². The summed E-state index contributed by atoms with van der Waals surface area (Å²) in [4.78, 5) is 26.4. The Morgan fingerprint density at radius 3 is 2.14 bits per heavy atom. The molecule has 0 aromatic heterocycles. The average molecular weight is 322 g/mol. The highest BCUT2D eigenvalue weighted by molar-refractivity contribution is 7.87. The third kappa shape index (κ3) is 5.86. The van der Waals surface area contributed by atoms with E-state index in [4.69, 9.17) is 4.74 Å². The van der Waals surface area contributed by atoms with Gasteiger partial charge in [-0.2, -0.15) is 13.1 Å². The van der Waals surface area contributed by atoms with Crippen molar-refractivity contribution in [1.82, 2.24) is 19.2 Å². The topological polar surface area (TPSA) is 108 Å². The molecule has 1 heterocycles. The molecule has 0 radical (unpaired) electrons. The maximum absolute atomic E-state index is 11.9. The summed E-state index contributed by atoms with van der Waals surface area (Å²) in [7, 11) is -3.63. The summed E-state index contributed by atoms with van der Waals surface area (Å²) >= 11 is 0. The maximum atomic E-state index is 11.9. The van der Waals surface area contributed by atoms with Crippen LogP contribution in [0.3, 0.4) is 0 Å². The molecule has 0 aromatic carbocycles. The number of amides is 2. The van der Waals surface area contributed by atoms with Crippen LogP contribution in [0.25, 0.3) is 0 Å². The summed E-state index contributed by atoms with van der Waals surface area (Å²) in [6, 6.07) is 0. The second kappa shape index (κ2) is 8.15. The first-order valence-electron chi connectivity index (χ1n) is 6.83. The number of piperazine rings is 1. The predicted octanol–water partition coefficient (Wildman–Crippen LogP) is -1.27. The van der Waals surface area contributed by atoms with Crippen LogP contribution in [0.2, 0.25) is 0 Å². The van der Waals surface area contributed by atoms with Gasteiger partial charge in [-0.3, -0.25) is 4.79 Å². The van der Waals surface area contributed by atoms with Gasteiger partial charge in [-0.05, 0) is 6.92 Å². The Labute approximate surface area is 124 Å². The van der Waals surface area contributed by atoms with Crippen LogP contribution in [0.4, 0.5) is 4.79 Å². The fourth-order valence-corrected chi connectivity index (χ4v) is 2.66. The molecule has 1 aliphatic heterocycles. The number of rotatable bonds is 6. The third-order valence-electron chi connectivity index (χ3n) is 2.91. The van der Waals surface area contributed by atoms with Gasteiger partial charge in [0.1, 0.15) is 0 Å². The second-order valence-corrected chi connectivity index (χ2v) is 5.97.